The smallest absolute Gasteiger partial charge is 0.343 e. The number of carbonyl (C=O) groups is 2. The van der Waals surface area contributed by atoms with Crippen molar-refractivity contribution in [1.82, 2.24) is 10.4 Å². The number of benzene rings is 4. The predicted octanol–water partition coefficient (Wildman–Crippen LogP) is 6.49. The van der Waals surface area contributed by atoms with Gasteiger partial charge in [0.15, 0.2) is 0 Å². The van der Waals surface area contributed by atoms with E-state index < -0.39 is 16.8 Å². The number of non-ortho nitro benzene ring substituents is 1. The molecule has 1 amide bonds. The van der Waals surface area contributed by atoms with Crippen molar-refractivity contribution in [2.45, 2.75) is 0 Å². The molecule has 0 saturated carbocycles. The zero-order valence-corrected chi connectivity index (χ0v) is 21.7. The fourth-order valence-electron chi connectivity index (χ4n) is 4.03. The molecule has 0 radical (unpaired) electrons. The van der Waals surface area contributed by atoms with Crippen LogP contribution >= 0.6 is 15.9 Å². The third kappa shape index (κ3) is 5.46. The molecule has 9 nitrogen and oxygen atoms in total. The quantitative estimate of drug-likeness (QED) is 0.0745. The summed E-state index contributed by atoms with van der Waals surface area (Å²) in [6, 6.07) is 27.1. The van der Waals surface area contributed by atoms with Crippen molar-refractivity contribution in [2.75, 3.05) is 0 Å². The highest BCUT2D eigenvalue weighted by Crippen LogP contribution is 2.35. The monoisotopic (exact) mass is 582 g/mol. The Morgan fingerprint density at radius 2 is 1.64 bits per heavy atom. The van der Waals surface area contributed by atoms with Crippen LogP contribution in [0.25, 0.3) is 22.0 Å². The molecule has 0 aliphatic heterocycles. The number of amides is 1. The van der Waals surface area contributed by atoms with Crippen molar-refractivity contribution in [1.29, 1.82) is 0 Å². The second-order valence-corrected chi connectivity index (χ2v) is 9.19. The van der Waals surface area contributed by atoms with Gasteiger partial charge in [-0.3, -0.25) is 14.9 Å². The van der Waals surface area contributed by atoms with Gasteiger partial charge in [-0.1, -0.05) is 54.6 Å². The zero-order valence-electron chi connectivity index (χ0n) is 20.1. The highest BCUT2D eigenvalue weighted by molar-refractivity contribution is 9.10. The first-order valence-corrected chi connectivity index (χ1v) is 12.5. The van der Waals surface area contributed by atoms with Crippen LogP contribution in [-0.2, 0) is 0 Å². The van der Waals surface area contributed by atoms with Crippen LogP contribution in [0.1, 0.15) is 26.4 Å². The average molecular weight is 583 g/mol. The van der Waals surface area contributed by atoms with Crippen LogP contribution in [0, 0.1) is 10.1 Å². The third-order valence-corrected chi connectivity index (χ3v) is 6.54. The summed E-state index contributed by atoms with van der Waals surface area (Å²) in [5, 5.41) is 15.8. The van der Waals surface area contributed by atoms with E-state index in [1.807, 2.05) is 48.5 Å². The van der Waals surface area contributed by atoms with Gasteiger partial charge in [-0.15, -0.1) is 0 Å². The lowest BCUT2D eigenvalue weighted by molar-refractivity contribution is -0.384. The zero-order chi connectivity index (χ0) is 27.4. The van der Waals surface area contributed by atoms with Crippen LogP contribution in [-0.4, -0.2) is 28.0 Å². The molecule has 5 aromatic rings. The molecule has 1 aromatic heterocycles. The molecule has 4 aromatic carbocycles. The maximum absolute atomic E-state index is 13.2. The number of aromatic nitrogens is 1. The molecule has 0 aliphatic rings. The van der Waals surface area contributed by atoms with Gasteiger partial charge >= 0.3 is 5.97 Å². The molecule has 0 unspecified atom stereocenters. The summed E-state index contributed by atoms with van der Waals surface area (Å²) in [6.45, 7) is 0. The first-order valence-electron chi connectivity index (χ1n) is 11.7. The number of ether oxygens (including phenoxy) is 1. The number of nitro groups is 1. The van der Waals surface area contributed by atoms with Crippen molar-refractivity contribution >= 4 is 50.6 Å². The van der Waals surface area contributed by atoms with Crippen molar-refractivity contribution in [3.8, 4) is 16.9 Å². The Morgan fingerprint density at radius 1 is 0.923 bits per heavy atom. The summed E-state index contributed by atoms with van der Waals surface area (Å²) in [7, 11) is 0. The Hall–Kier alpha value is -5.09. The number of aromatic amines is 1. The van der Waals surface area contributed by atoms with E-state index in [4.69, 9.17) is 4.74 Å². The van der Waals surface area contributed by atoms with Crippen molar-refractivity contribution in [3.63, 3.8) is 0 Å². The van der Waals surface area contributed by atoms with Gasteiger partial charge in [-0.25, -0.2) is 10.2 Å². The minimum atomic E-state index is -0.689. The van der Waals surface area contributed by atoms with Crippen LogP contribution in [0.5, 0.6) is 5.75 Å². The number of carbonyl (C=O) groups excluding carboxylic acids is 2. The number of rotatable bonds is 7. The minimum absolute atomic E-state index is 0.132. The van der Waals surface area contributed by atoms with Crippen LogP contribution in [0.15, 0.2) is 107 Å². The fraction of sp³-hybridized carbons (Fsp3) is 0. The van der Waals surface area contributed by atoms with E-state index in [1.165, 1.54) is 30.5 Å². The minimum Gasteiger partial charge on any atom is -0.422 e. The van der Waals surface area contributed by atoms with E-state index in [-0.39, 0.29) is 17.0 Å². The second kappa shape index (κ2) is 11.1. The van der Waals surface area contributed by atoms with Gasteiger partial charge < -0.3 is 9.72 Å². The largest absolute Gasteiger partial charge is 0.422 e. The number of hydrogen-bond donors (Lipinski definition) is 2. The topological polar surface area (TPSA) is 127 Å². The average Bonchev–Trinajstić information content (AvgIpc) is 3.35. The van der Waals surface area contributed by atoms with E-state index in [0.717, 1.165) is 26.5 Å². The number of nitrogens with zero attached hydrogens (tertiary/aromatic N) is 2. The Bertz CT molecular complexity index is 1730. The number of halogens is 1. The second-order valence-electron chi connectivity index (χ2n) is 8.33. The van der Waals surface area contributed by atoms with Gasteiger partial charge in [0.25, 0.3) is 11.6 Å². The van der Waals surface area contributed by atoms with E-state index >= 15 is 0 Å². The van der Waals surface area contributed by atoms with Crippen molar-refractivity contribution < 1.29 is 19.2 Å². The number of hydrazone groups is 1. The van der Waals surface area contributed by atoms with Crippen LogP contribution < -0.4 is 10.2 Å². The van der Waals surface area contributed by atoms with Gasteiger partial charge in [0.2, 0.25) is 0 Å². The summed E-state index contributed by atoms with van der Waals surface area (Å²) < 4.78 is 6.30. The molecular formula is C29H19BrN4O5. The van der Waals surface area contributed by atoms with Crippen LogP contribution in [0.2, 0.25) is 0 Å². The number of hydrogen-bond acceptors (Lipinski definition) is 6. The lowest BCUT2D eigenvalue weighted by Crippen LogP contribution is -2.19. The molecule has 39 heavy (non-hydrogen) atoms. The van der Waals surface area contributed by atoms with Crippen LogP contribution in [0.3, 0.4) is 0 Å². The van der Waals surface area contributed by atoms with Gasteiger partial charge in [0.05, 0.1) is 22.2 Å². The lowest BCUT2D eigenvalue weighted by atomic mass is 10.0. The van der Waals surface area contributed by atoms with E-state index in [9.17, 15) is 19.7 Å². The summed E-state index contributed by atoms with van der Waals surface area (Å²) in [5.41, 5.74) is 5.76. The third-order valence-electron chi connectivity index (χ3n) is 5.88. The first-order chi connectivity index (χ1) is 18.9. The van der Waals surface area contributed by atoms with Crippen LogP contribution in [0.4, 0.5) is 5.69 Å². The normalized spacial score (nSPS) is 11.0. The summed E-state index contributed by atoms with van der Waals surface area (Å²) in [4.78, 5) is 39.3. The first kappa shape index (κ1) is 25.6. The van der Waals surface area contributed by atoms with Gasteiger partial charge in [0, 0.05) is 33.1 Å². The van der Waals surface area contributed by atoms with E-state index in [1.54, 1.807) is 24.3 Å². The molecule has 5 rings (SSSR count). The fourth-order valence-corrected chi connectivity index (χ4v) is 4.50. The number of nitrogens with one attached hydrogen (secondary N) is 2. The molecule has 0 bridgehead atoms. The molecule has 0 aliphatic carbocycles. The Kier molecular flexibility index (Phi) is 7.28. The van der Waals surface area contributed by atoms with Gasteiger partial charge in [-0.05, 0) is 51.8 Å². The number of H-pyrrole nitrogens is 1. The molecule has 2 N–H and O–H groups in total. The maximum Gasteiger partial charge on any atom is 0.343 e. The number of esters is 1. The molecule has 192 valence electrons. The Balaban J connectivity index is 1.37. The Labute approximate surface area is 230 Å². The summed E-state index contributed by atoms with van der Waals surface area (Å²) in [5.74, 6) is -0.933. The van der Waals surface area contributed by atoms with Gasteiger partial charge in [0.1, 0.15) is 11.4 Å². The number of fused-ring (bicyclic) bond motifs is 1. The molecular weight excluding hydrogens is 564 g/mol. The molecule has 0 spiro atoms. The van der Waals surface area contributed by atoms with Crippen molar-refractivity contribution in [3.05, 3.63) is 128 Å². The lowest BCUT2D eigenvalue weighted by Gasteiger charge is -2.07. The summed E-state index contributed by atoms with van der Waals surface area (Å²) >= 11 is 3.54. The molecule has 0 fully saturated rings. The molecule has 10 heteroatoms. The van der Waals surface area contributed by atoms with Crippen molar-refractivity contribution in [2.24, 2.45) is 5.10 Å². The van der Waals surface area contributed by atoms with E-state index in [2.05, 4.69) is 31.4 Å². The SMILES string of the molecule is O=C(Oc1ccccc1C=NNC(=O)c1[nH]c2c(Br)cccc2c1-c1ccccc1)c1ccc([N+](=O)[O-])cc1. The number of nitro benzene ring substituents is 1. The summed E-state index contributed by atoms with van der Waals surface area (Å²) in [6.07, 6.45) is 1.37. The highest BCUT2D eigenvalue weighted by Gasteiger charge is 2.20. The predicted molar refractivity (Wildman–Crippen MR) is 151 cm³/mol. The standard InChI is InChI=1S/C29H19BrN4O5/c30-23-11-6-10-22-25(18-7-2-1-3-8-18)27(32-26(22)23)28(35)33-31-17-20-9-4-5-12-24(20)39-29(36)19-13-15-21(16-14-19)34(37)38/h1-17,32H,(H,33,35). The number of para-hydroxylation sites is 2. The maximum atomic E-state index is 13.2. The highest BCUT2D eigenvalue weighted by atomic mass is 79.9. The van der Waals surface area contributed by atoms with E-state index in [0.29, 0.717) is 11.3 Å². The molecule has 0 atom stereocenters. The molecule has 1 heterocycles. The molecule has 0 saturated heterocycles. The Morgan fingerprint density at radius 3 is 2.38 bits per heavy atom. The van der Waals surface area contributed by atoms with Gasteiger partial charge in [-0.2, -0.15) is 5.10 Å².